The smallest absolute Gasteiger partial charge is 0.131 e. The first-order valence-corrected chi connectivity index (χ1v) is 54.3. The third-order valence-corrected chi connectivity index (χ3v) is 33.0. The Hall–Kier alpha value is -10.8. The Bertz CT molecular complexity index is 6090. The van der Waals surface area contributed by atoms with E-state index in [9.17, 15) is 30.7 Å². The lowest BCUT2D eigenvalue weighted by Gasteiger charge is -2.44. The van der Waals surface area contributed by atoms with E-state index in [0.717, 1.165) is 123 Å². The Morgan fingerprint density at radius 2 is 0.510 bits per heavy atom. The van der Waals surface area contributed by atoms with Gasteiger partial charge in [-0.05, 0) is 252 Å². The highest BCUT2D eigenvalue weighted by Crippen LogP contribution is 2.58. The minimum absolute atomic E-state index is 0.0232. The molecule has 0 amide bonds. The summed E-state index contributed by atoms with van der Waals surface area (Å²) in [6.45, 7) is 33.4. The van der Waals surface area contributed by atoms with E-state index in [1.165, 1.54) is 146 Å². The van der Waals surface area contributed by atoms with Crippen molar-refractivity contribution in [2.24, 2.45) is 35.5 Å². The number of thiophene rings is 1. The summed E-state index contributed by atoms with van der Waals surface area (Å²) < 4.78 is 138. The number of benzene rings is 11. The van der Waals surface area contributed by atoms with Crippen LogP contribution in [-0.2, 0) is 33.8 Å². The number of halogens is 7. The summed E-state index contributed by atoms with van der Waals surface area (Å²) in [6, 6.07) is 71.0. The molecule has 11 aromatic carbocycles. The fraction of sp³-hybridized carbons (Fsp3) is 0.440. The number of hydrogen-bond donors (Lipinski definition) is 6. The van der Waals surface area contributed by atoms with Gasteiger partial charge in [-0.15, -0.1) is 0 Å². The Labute approximate surface area is 857 Å². The number of nitrogens with one attached hydrogen (secondary N) is 6. The third-order valence-electron chi connectivity index (χ3n) is 32.3. The molecule has 13 heterocycles. The topological polar surface area (TPSA) is 128 Å². The molecule has 6 fully saturated rings. The van der Waals surface area contributed by atoms with Gasteiger partial charge in [-0.25, -0.2) is 30.7 Å². The highest BCUT2D eigenvalue weighted by molar-refractivity contribution is 7.08. The van der Waals surface area contributed by atoms with Crippen LogP contribution < -0.4 is 31.9 Å². The maximum absolute atomic E-state index is 14.4. The van der Waals surface area contributed by atoms with E-state index in [-0.39, 0.29) is 94.3 Å². The highest BCUT2D eigenvalue weighted by Gasteiger charge is 2.49. The van der Waals surface area contributed by atoms with Crippen LogP contribution in [0, 0.1) is 76.2 Å². The van der Waals surface area contributed by atoms with Gasteiger partial charge in [0.05, 0.1) is 72.9 Å². The molecular formula is C125H143F7N6O6S. The summed E-state index contributed by atoms with van der Waals surface area (Å²) in [4.78, 5) is 0. The molecule has 24 rings (SSSR count). The molecule has 0 spiro atoms. The molecule has 12 aromatic rings. The summed E-state index contributed by atoms with van der Waals surface area (Å²) >= 11 is 1.78. The normalized spacial score (nSPS) is 25.8. The molecule has 12 aliphatic heterocycles. The molecule has 18 atom stereocenters. The third kappa shape index (κ3) is 21.9. The van der Waals surface area contributed by atoms with E-state index in [2.05, 4.69) is 260 Å². The maximum atomic E-state index is 14.4. The molecule has 145 heavy (non-hydrogen) atoms. The minimum Gasteiger partial charge on any atom is -0.378 e. The molecule has 6 N–H and O–H groups in total. The van der Waals surface area contributed by atoms with Gasteiger partial charge in [0.2, 0.25) is 0 Å². The van der Waals surface area contributed by atoms with Gasteiger partial charge in [0.1, 0.15) is 40.7 Å². The van der Waals surface area contributed by atoms with Crippen molar-refractivity contribution >= 4 is 45.5 Å². The molecule has 0 aliphatic carbocycles. The molecule has 6 unspecified atom stereocenters. The number of fused-ring (bicyclic) bond motifs is 18. The predicted octanol–water partition coefficient (Wildman–Crippen LogP) is 33.9. The molecular weight excluding hydrogens is 1850 g/mol. The van der Waals surface area contributed by atoms with Crippen LogP contribution in [0.3, 0.4) is 0 Å². The molecule has 1 aromatic heterocycles. The molecule has 0 bridgehead atoms. The van der Waals surface area contributed by atoms with Gasteiger partial charge >= 0.3 is 0 Å². The lowest BCUT2D eigenvalue weighted by atomic mass is 9.76. The zero-order valence-electron chi connectivity index (χ0n) is 86.0. The van der Waals surface area contributed by atoms with Crippen LogP contribution in [0.4, 0.5) is 64.9 Å². The zero-order chi connectivity index (χ0) is 101. The van der Waals surface area contributed by atoms with Gasteiger partial charge in [-0.1, -0.05) is 230 Å². The van der Waals surface area contributed by atoms with Crippen molar-refractivity contribution in [1.82, 2.24) is 0 Å². The second kappa shape index (κ2) is 45.1. The van der Waals surface area contributed by atoms with Crippen LogP contribution in [0.5, 0.6) is 0 Å². The van der Waals surface area contributed by atoms with Crippen molar-refractivity contribution in [3.63, 3.8) is 0 Å². The molecule has 764 valence electrons. The first kappa shape index (κ1) is 103. The van der Waals surface area contributed by atoms with Crippen LogP contribution in [-0.4, -0.2) is 39.6 Å². The fourth-order valence-corrected chi connectivity index (χ4v) is 25.2. The fourth-order valence-electron chi connectivity index (χ4n) is 24.5. The van der Waals surface area contributed by atoms with Crippen molar-refractivity contribution in [2.45, 2.75) is 275 Å². The Kier molecular flexibility index (Phi) is 32.0. The van der Waals surface area contributed by atoms with Crippen molar-refractivity contribution < 1.29 is 59.2 Å². The van der Waals surface area contributed by atoms with Gasteiger partial charge in [-0.2, -0.15) is 11.3 Å². The summed E-state index contributed by atoms with van der Waals surface area (Å²) in [5.74, 6) is 0.588. The van der Waals surface area contributed by atoms with Crippen LogP contribution >= 0.6 is 11.3 Å². The van der Waals surface area contributed by atoms with Crippen molar-refractivity contribution in [1.29, 1.82) is 0 Å². The van der Waals surface area contributed by atoms with Crippen molar-refractivity contribution in [3.05, 3.63) is 376 Å². The standard InChI is InChI=1S/C22H27NO.3C21H23F2NO.C21H24FNO.C19H23NOS/c1-22(2,3)16-11-12-19-18(14-16)21-17(10-7-13-24-21)20(23-19)15-8-5-4-6-9-15;3*1-12(2)13-8-9-18-15(11-13)21-14(5-4-10-25-21)20(24-18)19-16(22)6-3-7-17(19)23;1-13(2)14-9-10-19-17(12-14)21-16(7-5-11-24-21)20(23-19)15-6-3-4-8-18(15)22;1-12(2)13-5-6-17-16(10-13)19-15(4-3-8-21-19)18(20-17)14-7-9-22-11-14/h4-6,8-9,11-12,14,17,20-21,23H,7,10,13H2,1-3H3;3*3,6-9,11-12,14,20-21,24H,4-5,10H2,1-2H3;3-4,6,8-10,12-13,16,20-21,23H,5,7,11H2,1-2H3;5-7,9-12,15,18-20H,3-4,8H2,1-2H3/t17-,20+,21-;2*14-,20+,21-;;;15-,18-,19-/m010..0/s1. The van der Waals surface area contributed by atoms with Gasteiger partial charge in [0.15, 0.2) is 0 Å². The number of anilines is 6. The number of rotatable bonds is 11. The molecule has 12 aliphatic rings. The van der Waals surface area contributed by atoms with Crippen molar-refractivity contribution in [2.75, 3.05) is 71.5 Å². The summed E-state index contributed by atoms with van der Waals surface area (Å²) in [7, 11) is 0. The summed E-state index contributed by atoms with van der Waals surface area (Å²) in [5.41, 5.74) is 25.5. The van der Waals surface area contributed by atoms with Gasteiger partial charge < -0.3 is 60.3 Å². The number of hydrogen-bond acceptors (Lipinski definition) is 13. The summed E-state index contributed by atoms with van der Waals surface area (Å²) in [5, 5.41) is 25.9. The predicted molar refractivity (Wildman–Crippen MR) is 571 cm³/mol. The number of ether oxygens (including phenoxy) is 6. The monoisotopic (exact) mass is 1990 g/mol. The van der Waals surface area contributed by atoms with Crippen molar-refractivity contribution in [3.8, 4) is 0 Å². The van der Waals surface area contributed by atoms with E-state index in [1.807, 2.05) is 30.3 Å². The van der Waals surface area contributed by atoms with Crippen LogP contribution in [0.25, 0.3) is 0 Å². The van der Waals surface area contributed by atoms with Crippen LogP contribution in [0.15, 0.2) is 235 Å². The largest absolute Gasteiger partial charge is 0.378 e. The lowest BCUT2D eigenvalue weighted by Crippen LogP contribution is -2.37. The minimum atomic E-state index is -0.496. The summed E-state index contributed by atoms with van der Waals surface area (Å²) in [6.07, 6.45) is 12.4. The average molecular weight is 1990 g/mol. The van der Waals surface area contributed by atoms with Gasteiger partial charge in [-0.3, -0.25) is 0 Å². The van der Waals surface area contributed by atoms with Gasteiger partial charge in [0.25, 0.3) is 0 Å². The Balaban J connectivity index is 0.000000110. The molecule has 0 saturated carbocycles. The van der Waals surface area contributed by atoms with Crippen LogP contribution in [0.1, 0.15) is 370 Å². The second-order valence-corrected chi connectivity index (χ2v) is 45.1. The molecule has 0 radical (unpaired) electrons. The Morgan fingerprint density at radius 3 is 0.800 bits per heavy atom. The lowest BCUT2D eigenvalue weighted by molar-refractivity contribution is -0.0388. The Morgan fingerprint density at radius 1 is 0.255 bits per heavy atom. The van der Waals surface area contributed by atoms with E-state index < -0.39 is 53.0 Å². The zero-order valence-corrected chi connectivity index (χ0v) is 86.8. The van der Waals surface area contributed by atoms with Crippen LogP contribution in [0.2, 0.25) is 0 Å². The first-order valence-electron chi connectivity index (χ1n) is 53.4. The molecule has 6 saturated heterocycles. The van der Waals surface area contributed by atoms with E-state index in [0.29, 0.717) is 73.3 Å². The van der Waals surface area contributed by atoms with E-state index >= 15 is 0 Å². The first-order chi connectivity index (χ1) is 70.1. The molecule has 20 heteroatoms. The van der Waals surface area contributed by atoms with E-state index in [4.69, 9.17) is 28.4 Å². The highest BCUT2D eigenvalue weighted by atomic mass is 32.1. The second-order valence-electron chi connectivity index (χ2n) is 44.3. The molecule has 12 nitrogen and oxygen atoms in total. The SMILES string of the molecule is CC(C)(C)c1ccc2c(c1)[C@H]1OCCC[C@H]1[C@@H](c1ccccc1)N2.CC(C)c1ccc2c(c1)C1OCCCC1C(c1c(F)cccc1F)N2.CC(C)c1ccc2c(c1)C1OCCCC1C(c1ccccc1F)N2.CC(C)c1ccc2c(c1)[C@@H]1OCCC[C@@H]1[C@@H](c1c(F)cccc1F)N2.CC(C)c1ccc2c(c1)[C@H]1OCCC[C@H]1[C@H](c1c(F)cccc1F)N2.CC(C)c1ccc2c(c1)[C@H]1OCCC[C@H]1[C@H](c1ccsc1)N2. The van der Waals surface area contributed by atoms with Gasteiger partial charge in [0, 0.05) is 165 Å². The maximum Gasteiger partial charge on any atom is 0.131 e. The quantitative estimate of drug-likeness (QED) is 0.0690. The average Bonchev–Trinajstić information content (AvgIpc) is 1.17. The van der Waals surface area contributed by atoms with E-state index in [1.54, 1.807) is 23.5 Å².